The second-order valence-corrected chi connectivity index (χ2v) is 4.14. The second kappa shape index (κ2) is 4.61. The van der Waals surface area contributed by atoms with Crippen LogP contribution in [0.15, 0.2) is 0 Å². The molecule has 0 aromatic rings. The van der Waals surface area contributed by atoms with E-state index in [0.29, 0.717) is 5.91 Å². The number of hydrogen-bond donors (Lipinski definition) is 0. The van der Waals surface area contributed by atoms with E-state index in [0.717, 1.165) is 32.6 Å². The third kappa shape index (κ3) is 2.99. The standard InChI is InChI=1S/C10H20N2O/c1-9(2)10(13)12-6-4-5-11(3)7-8-12/h9H,4-8H2,1-3H3. The third-order valence-electron chi connectivity index (χ3n) is 2.53. The quantitative estimate of drug-likeness (QED) is 0.602. The first-order valence-electron chi connectivity index (χ1n) is 5.08. The van der Waals surface area contributed by atoms with Gasteiger partial charge in [-0.2, -0.15) is 0 Å². The number of hydrogen-bond acceptors (Lipinski definition) is 2. The first-order chi connectivity index (χ1) is 6.11. The van der Waals surface area contributed by atoms with Gasteiger partial charge in [-0.3, -0.25) is 4.79 Å². The van der Waals surface area contributed by atoms with E-state index in [1.165, 1.54) is 0 Å². The molecule has 0 atom stereocenters. The smallest absolute Gasteiger partial charge is 0.225 e. The molecule has 0 radical (unpaired) electrons. The average Bonchev–Trinajstić information content (AvgIpc) is 2.28. The molecule has 0 spiro atoms. The lowest BCUT2D eigenvalue weighted by molar-refractivity contribution is -0.134. The normalized spacial score (nSPS) is 20.5. The number of nitrogens with zero attached hydrogens (tertiary/aromatic N) is 2. The maximum atomic E-state index is 11.7. The summed E-state index contributed by atoms with van der Waals surface area (Å²) in [6.07, 6.45) is 1.11. The van der Waals surface area contributed by atoms with Crippen molar-refractivity contribution >= 4 is 5.91 Å². The Morgan fingerprint density at radius 3 is 2.46 bits per heavy atom. The van der Waals surface area contributed by atoms with Crippen molar-refractivity contribution in [2.24, 2.45) is 5.92 Å². The van der Waals surface area contributed by atoms with E-state index in [-0.39, 0.29) is 5.92 Å². The maximum Gasteiger partial charge on any atom is 0.225 e. The van der Waals surface area contributed by atoms with Crippen molar-refractivity contribution in [3.8, 4) is 0 Å². The fraction of sp³-hybridized carbons (Fsp3) is 0.900. The molecule has 1 heterocycles. The molecule has 0 aromatic heterocycles. The van der Waals surface area contributed by atoms with Gasteiger partial charge in [-0.1, -0.05) is 13.8 Å². The zero-order valence-electron chi connectivity index (χ0n) is 8.92. The summed E-state index contributed by atoms with van der Waals surface area (Å²) in [6.45, 7) is 7.89. The minimum absolute atomic E-state index is 0.142. The molecular formula is C10H20N2O. The number of carbonyl (C=O) groups excluding carboxylic acids is 1. The molecule has 3 heteroatoms. The van der Waals surface area contributed by atoms with Gasteiger partial charge in [-0.05, 0) is 20.0 Å². The van der Waals surface area contributed by atoms with Crippen LogP contribution in [0.4, 0.5) is 0 Å². The summed E-state index contributed by atoms with van der Waals surface area (Å²) in [5.41, 5.74) is 0. The van der Waals surface area contributed by atoms with Crippen LogP contribution in [0.1, 0.15) is 20.3 Å². The van der Waals surface area contributed by atoms with Crippen LogP contribution in [-0.4, -0.2) is 48.9 Å². The fourth-order valence-electron chi connectivity index (χ4n) is 1.63. The molecular weight excluding hydrogens is 164 g/mol. The van der Waals surface area contributed by atoms with Crippen LogP contribution < -0.4 is 0 Å². The monoisotopic (exact) mass is 184 g/mol. The molecule has 13 heavy (non-hydrogen) atoms. The van der Waals surface area contributed by atoms with E-state index >= 15 is 0 Å². The summed E-state index contributed by atoms with van der Waals surface area (Å²) in [6, 6.07) is 0. The van der Waals surface area contributed by atoms with Crippen LogP contribution in [0.25, 0.3) is 0 Å². The molecule has 0 N–H and O–H groups in total. The molecule has 1 aliphatic rings. The summed E-state index contributed by atoms with van der Waals surface area (Å²) < 4.78 is 0. The van der Waals surface area contributed by atoms with E-state index < -0.39 is 0 Å². The predicted molar refractivity (Wildman–Crippen MR) is 53.5 cm³/mol. The summed E-state index contributed by atoms with van der Waals surface area (Å²) in [4.78, 5) is 15.9. The van der Waals surface area contributed by atoms with Gasteiger partial charge in [0.15, 0.2) is 0 Å². The Bertz CT molecular complexity index is 180. The summed E-state index contributed by atoms with van der Waals surface area (Å²) in [7, 11) is 2.11. The van der Waals surface area contributed by atoms with E-state index in [9.17, 15) is 4.79 Å². The van der Waals surface area contributed by atoms with E-state index in [1.54, 1.807) is 0 Å². The molecule has 0 unspecified atom stereocenters. The Balaban J connectivity index is 2.46. The molecule has 1 aliphatic heterocycles. The van der Waals surface area contributed by atoms with Gasteiger partial charge in [0.05, 0.1) is 0 Å². The fourth-order valence-corrected chi connectivity index (χ4v) is 1.63. The second-order valence-electron chi connectivity index (χ2n) is 4.14. The summed E-state index contributed by atoms with van der Waals surface area (Å²) in [5.74, 6) is 0.443. The van der Waals surface area contributed by atoms with Crippen molar-refractivity contribution in [2.45, 2.75) is 20.3 Å². The number of amides is 1. The van der Waals surface area contributed by atoms with Gasteiger partial charge in [-0.25, -0.2) is 0 Å². The number of rotatable bonds is 1. The zero-order valence-corrected chi connectivity index (χ0v) is 8.92. The van der Waals surface area contributed by atoms with Crippen LogP contribution in [-0.2, 0) is 4.79 Å². The minimum atomic E-state index is 0.142. The first kappa shape index (κ1) is 10.5. The molecule has 0 aromatic carbocycles. The van der Waals surface area contributed by atoms with Gasteiger partial charge >= 0.3 is 0 Å². The first-order valence-corrected chi connectivity index (χ1v) is 5.08. The summed E-state index contributed by atoms with van der Waals surface area (Å²) >= 11 is 0. The lowest BCUT2D eigenvalue weighted by Crippen LogP contribution is -2.37. The highest BCUT2D eigenvalue weighted by atomic mass is 16.2. The van der Waals surface area contributed by atoms with Crippen molar-refractivity contribution in [1.29, 1.82) is 0 Å². The van der Waals surface area contributed by atoms with Gasteiger partial charge in [-0.15, -0.1) is 0 Å². The molecule has 0 saturated carbocycles. The molecule has 1 rings (SSSR count). The highest BCUT2D eigenvalue weighted by Gasteiger charge is 2.19. The summed E-state index contributed by atoms with van der Waals surface area (Å²) in [5, 5.41) is 0. The molecule has 3 nitrogen and oxygen atoms in total. The van der Waals surface area contributed by atoms with Crippen molar-refractivity contribution in [3.05, 3.63) is 0 Å². The van der Waals surface area contributed by atoms with Crippen molar-refractivity contribution < 1.29 is 4.79 Å². The lowest BCUT2D eigenvalue weighted by Gasteiger charge is -2.22. The maximum absolute atomic E-state index is 11.7. The molecule has 0 aliphatic carbocycles. The van der Waals surface area contributed by atoms with E-state index in [1.807, 2.05) is 18.7 Å². The van der Waals surface area contributed by atoms with E-state index in [4.69, 9.17) is 0 Å². The molecule has 0 bridgehead atoms. The van der Waals surface area contributed by atoms with Crippen LogP contribution in [0.3, 0.4) is 0 Å². The Kier molecular flexibility index (Phi) is 3.72. The largest absolute Gasteiger partial charge is 0.341 e. The van der Waals surface area contributed by atoms with Crippen molar-refractivity contribution in [1.82, 2.24) is 9.80 Å². The highest BCUT2D eigenvalue weighted by molar-refractivity contribution is 5.78. The number of carbonyl (C=O) groups is 1. The Labute approximate surface area is 80.7 Å². The van der Waals surface area contributed by atoms with Crippen LogP contribution in [0.2, 0.25) is 0 Å². The van der Waals surface area contributed by atoms with Gasteiger partial charge in [0.1, 0.15) is 0 Å². The third-order valence-corrected chi connectivity index (χ3v) is 2.53. The minimum Gasteiger partial charge on any atom is -0.341 e. The van der Waals surface area contributed by atoms with Crippen molar-refractivity contribution in [3.63, 3.8) is 0 Å². The molecule has 1 saturated heterocycles. The Hall–Kier alpha value is -0.570. The zero-order chi connectivity index (χ0) is 9.84. The van der Waals surface area contributed by atoms with Crippen molar-refractivity contribution in [2.75, 3.05) is 33.2 Å². The van der Waals surface area contributed by atoms with Gasteiger partial charge in [0.25, 0.3) is 0 Å². The topological polar surface area (TPSA) is 23.6 Å². The van der Waals surface area contributed by atoms with E-state index in [2.05, 4.69) is 11.9 Å². The molecule has 76 valence electrons. The van der Waals surface area contributed by atoms with Gasteiger partial charge in [0, 0.05) is 25.6 Å². The van der Waals surface area contributed by atoms with Crippen LogP contribution >= 0.6 is 0 Å². The van der Waals surface area contributed by atoms with Gasteiger partial charge in [0.2, 0.25) is 5.91 Å². The highest BCUT2D eigenvalue weighted by Crippen LogP contribution is 2.06. The molecule has 1 fully saturated rings. The average molecular weight is 184 g/mol. The van der Waals surface area contributed by atoms with Crippen LogP contribution in [0, 0.1) is 5.92 Å². The predicted octanol–water partition coefficient (Wildman–Crippen LogP) is 0.806. The number of likely N-dealkylation sites (N-methyl/N-ethyl adjacent to an activating group) is 1. The lowest BCUT2D eigenvalue weighted by atomic mass is 10.2. The van der Waals surface area contributed by atoms with Gasteiger partial charge < -0.3 is 9.80 Å². The Morgan fingerprint density at radius 2 is 1.85 bits per heavy atom. The SMILES string of the molecule is CC(C)C(=O)N1CCCN(C)CC1. The Morgan fingerprint density at radius 1 is 1.15 bits per heavy atom. The van der Waals surface area contributed by atoms with Crippen LogP contribution in [0.5, 0.6) is 0 Å². The molecule has 1 amide bonds.